The van der Waals surface area contributed by atoms with E-state index in [1.165, 1.54) is 0 Å². The van der Waals surface area contributed by atoms with E-state index in [2.05, 4.69) is 17.0 Å². The zero-order chi connectivity index (χ0) is 16.1. The van der Waals surface area contributed by atoms with E-state index >= 15 is 0 Å². The van der Waals surface area contributed by atoms with Crippen molar-refractivity contribution in [2.24, 2.45) is 0 Å². The van der Waals surface area contributed by atoms with Gasteiger partial charge in [0, 0.05) is 31.5 Å². The lowest BCUT2D eigenvalue weighted by Gasteiger charge is -2.39. The number of hydrogen-bond acceptors (Lipinski definition) is 6. The van der Waals surface area contributed by atoms with Gasteiger partial charge < -0.3 is 24.1 Å². The maximum Gasteiger partial charge on any atom is 0.231 e. The minimum atomic E-state index is -0.917. The molecule has 1 aliphatic carbocycles. The van der Waals surface area contributed by atoms with E-state index in [0.29, 0.717) is 0 Å². The van der Waals surface area contributed by atoms with Gasteiger partial charge in [0.1, 0.15) is 6.10 Å². The summed E-state index contributed by atoms with van der Waals surface area (Å²) in [7, 11) is 1.66. The van der Waals surface area contributed by atoms with Gasteiger partial charge in [0.25, 0.3) is 0 Å². The van der Waals surface area contributed by atoms with Gasteiger partial charge in [-0.25, -0.2) is 0 Å². The minimum Gasteiger partial charge on any atom is -0.454 e. The zero-order valence-corrected chi connectivity index (χ0v) is 13.7. The molecule has 0 radical (unpaired) electrons. The Hall–Kier alpha value is -1.34. The molecular formula is C18H21NO5. The van der Waals surface area contributed by atoms with Gasteiger partial charge >= 0.3 is 0 Å². The summed E-state index contributed by atoms with van der Waals surface area (Å²) in [6.07, 6.45) is 2.18. The van der Waals surface area contributed by atoms with Crippen LogP contribution in [-0.4, -0.2) is 54.4 Å². The molecule has 6 aliphatic rings. The molecule has 1 spiro atoms. The molecule has 6 nitrogen and oxygen atoms in total. The van der Waals surface area contributed by atoms with Gasteiger partial charge in [0.15, 0.2) is 17.3 Å². The van der Waals surface area contributed by atoms with Crippen LogP contribution >= 0.6 is 0 Å². The Morgan fingerprint density at radius 3 is 2.83 bits per heavy atom. The van der Waals surface area contributed by atoms with Crippen molar-refractivity contribution in [3.63, 3.8) is 0 Å². The SMILES string of the molecule is COC12C[C@]34CCCN3CC(O1)c1cc3c(cc1[C@@H]4[C@@H]2O)OCO3. The fourth-order valence-electron chi connectivity index (χ4n) is 5.94. The monoisotopic (exact) mass is 331 g/mol. The van der Waals surface area contributed by atoms with Crippen molar-refractivity contribution in [3.05, 3.63) is 23.3 Å². The first-order valence-corrected chi connectivity index (χ1v) is 8.76. The van der Waals surface area contributed by atoms with Gasteiger partial charge in [-0.15, -0.1) is 0 Å². The van der Waals surface area contributed by atoms with Crippen LogP contribution in [0.25, 0.3) is 0 Å². The van der Waals surface area contributed by atoms with Crippen LogP contribution in [-0.2, 0) is 9.47 Å². The first-order chi connectivity index (χ1) is 11.7. The van der Waals surface area contributed by atoms with E-state index < -0.39 is 11.9 Å². The molecule has 0 amide bonds. The summed E-state index contributed by atoms with van der Waals surface area (Å²) < 4.78 is 23.5. The smallest absolute Gasteiger partial charge is 0.231 e. The van der Waals surface area contributed by atoms with E-state index in [-0.39, 0.29) is 24.4 Å². The van der Waals surface area contributed by atoms with Crippen molar-refractivity contribution in [1.29, 1.82) is 0 Å². The molecule has 5 heterocycles. The fourth-order valence-corrected chi connectivity index (χ4v) is 5.94. The molecular weight excluding hydrogens is 310 g/mol. The highest BCUT2D eigenvalue weighted by atomic mass is 16.7. The quantitative estimate of drug-likeness (QED) is 0.842. The van der Waals surface area contributed by atoms with Crippen LogP contribution in [0.1, 0.15) is 42.4 Å². The lowest BCUT2D eigenvalue weighted by Crippen LogP contribution is -2.47. The highest BCUT2D eigenvalue weighted by Gasteiger charge is 2.70. The average Bonchev–Trinajstić information content (AvgIpc) is 3.19. The van der Waals surface area contributed by atoms with Gasteiger partial charge in [-0.3, -0.25) is 4.90 Å². The lowest BCUT2D eigenvalue weighted by atomic mass is 9.78. The largest absolute Gasteiger partial charge is 0.454 e. The summed E-state index contributed by atoms with van der Waals surface area (Å²) in [5.74, 6) is 0.617. The Bertz CT molecular complexity index is 738. The minimum absolute atomic E-state index is 0.0167. The second-order valence-corrected chi connectivity index (χ2v) is 7.71. The first kappa shape index (κ1) is 13.9. The molecule has 24 heavy (non-hydrogen) atoms. The Labute approximate surface area is 140 Å². The van der Waals surface area contributed by atoms with E-state index in [4.69, 9.17) is 18.9 Å². The number of hydrogen-bond donors (Lipinski definition) is 1. The lowest BCUT2D eigenvalue weighted by molar-refractivity contribution is -0.277. The molecule has 7 rings (SSSR count). The number of methoxy groups -OCH3 is 1. The third kappa shape index (κ3) is 1.39. The van der Waals surface area contributed by atoms with E-state index in [1.54, 1.807) is 7.11 Å². The van der Waals surface area contributed by atoms with Crippen molar-refractivity contribution in [2.45, 2.75) is 48.7 Å². The molecule has 1 aromatic rings. The van der Waals surface area contributed by atoms with Gasteiger partial charge in [0.2, 0.25) is 6.79 Å². The van der Waals surface area contributed by atoms with E-state index in [1.807, 2.05) is 0 Å². The summed E-state index contributed by atoms with van der Waals surface area (Å²) in [6, 6.07) is 4.12. The molecule has 128 valence electrons. The summed E-state index contributed by atoms with van der Waals surface area (Å²) in [6.45, 7) is 2.17. The number of rotatable bonds is 1. The standard InChI is InChI=1S/C18H21NO5/c1-21-18-8-17-3-2-4-19(17)7-14(24-18)10-5-12-13(23-9-22-12)6-11(10)15(17)16(18)20/h5-6,14-16,20H,2-4,7-9H2,1H3/t14?,15-,16+,17+,18?/m1/s1. The predicted molar refractivity (Wildman–Crippen MR) is 83.0 cm³/mol. The third-order valence-electron chi connectivity index (χ3n) is 6.90. The van der Waals surface area contributed by atoms with Crippen LogP contribution in [0.2, 0.25) is 0 Å². The summed E-state index contributed by atoms with van der Waals surface area (Å²) in [5.41, 5.74) is 2.19. The molecule has 5 aliphatic heterocycles. The molecule has 1 saturated carbocycles. The Kier molecular flexibility index (Phi) is 2.46. The van der Waals surface area contributed by atoms with Crippen molar-refractivity contribution in [1.82, 2.24) is 4.90 Å². The molecule has 4 bridgehead atoms. The number of aliphatic hydroxyl groups is 1. The molecule has 1 aromatic carbocycles. The van der Waals surface area contributed by atoms with Gasteiger partial charge in [-0.1, -0.05) is 0 Å². The predicted octanol–water partition coefficient (Wildman–Crippen LogP) is 1.53. The highest BCUT2D eigenvalue weighted by molar-refractivity contribution is 5.54. The molecule has 6 heteroatoms. The molecule has 5 atom stereocenters. The van der Waals surface area contributed by atoms with Crippen LogP contribution in [0.4, 0.5) is 0 Å². The number of ether oxygens (including phenoxy) is 4. The van der Waals surface area contributed by atoms with Crippen LogP contribution in [0, 0.1) is 0 Å². The molecule has 0 aromatic heterocycles. The molecule has 2 saturated heterocycles. The summed E-state index contributed by atoms with van der Waals surface area (Å²) >= 11 is 0. The van der Waals surface area contributed by atoms with Crippen molar-refractivity contribution in [2.75, 3.05) is 27.0 Å². The van der Waals surface area contributed by atoms with E-state index in [9.17, 15) is 5.11 Å². The van der Waals surface area contributed by atoms with E-state index in [0.717, 1.165) is 55.0 Å². The van der Waals surface area contributed by atoms with Gasteiger partial charge in [0.05, 0.1) is 6.10 Å². The maximum absolute atomic E-state index is 11.2. The van der Waals surface area contributed by atoms with Gasteiger partial charge in [-0.2, -0.15) is 0 Å². The average molecular weight is 331 g/mol. The Balaban J connectivity index is 1.64. The van der Waals surface area contributed by atoms with Crippen molar-refractivity contribution < 1.29 is 24.1 Å². The number of nitrogens with zero attached hydrogens (tertiary/aromatic N) is 1. The van der Waals surface area contributed by atoms with Crippen LogP contribution in [0.5, 0.6) is 11.5 Å². The second kappa shape index (κ2) is 4.25. The number of aliphatic hydroxyl groups excluding tert-OH is 1. The normalized spacial score (nSPS) is 44.5. The fraction of sp³-hybridized carbons (Fsp3) is 0.667. The van der Waals surface area contributed by atoms with Crippen LogP contribution in [0.3, 0.4) is 0 Å². The second-order valence-electron chi connectivity index (χ2n) is 7.71. The van der Waals surface area contributed by atoms with Crippen molar-refractivity contribution in [3.8, 4) is 11.5 Å². The topological polar surface area (TPSA) is 60.4 Å². The van der Waals surface area contributed by atoms with Crippen LogP contribution < -0.4 is 9.47 Å². The highest BCUT2D eigenvalue weighted by Crippen LogP contribution is 2.64. The number of benzene rings is 1. The van der Waals surface area contributed by atoms with Gasteiger partial charge in [-0.05, 0) is 42.6 Å². The molecule has 2 unspecified atom stereocenters. The van der Waals surface area contributed by atoms with Crippen molar-refractivity contribution >= 4 is 0 Å². The molecule has 1 N–H and O–H groups in total. The molecule has 3 fully saturated rings. The number of fused-ring (bicyclic) bond motifs is 1. The van der Waals surface area contributed by atoms with Crippen LogP contribution in [0.15, 0.2) is 12.1 Å². The zero-order valence-electron chi connectivity index (χ0n) is 13.7. The Morgan fingerprint density at radius 2 is 2.04 bits per heavy atom. The summed E-state index contributed by atoms with van der Waals surface area (Å²) in [5, 5.41) is 11.2. The maximum atomic E-state index is 11.2. The third-order valence-corrected chi connectivity index (χ3v) is 6.90. The first-order valence-electron chi connectivity index (χ1n) is 8.76. The summed E-state index contributed by atoms with van der Waals surface area (Å²) in [4.78, 5) is 2.53. The Morgan fingerprint density at radius 1 is 1.25 bits per heavy atom.